The molecule has 55 heavy (non-hydrogen) atoms. The van der Waals surface area contributed by atoms with Gasteiger partial charge in [0.15, 0.2) is 0 Å². The van der Waals surface area contributed by atoms with Crippen molar-refractivity contribution >= 4 is 39.7 Å². The van der Waals surface area contributed by atoms with Crippen LogP contribution in [-0.4, -0.2) is 77.0 Å². The van der Waals surface area contributed by atoms with Crippen molar-refractivity contribution < 1.29 is 17.3 Å². The van der Waals surface area contributed by atoms with Crippen LogP contribution in [0.4, 0.5) is 11.4 Å². The number of halogens is 1. The van der Waals surface area contributed by atoms with Gasteiger partial charge in [-0.1, -0.05) is 115 Å². The molecule has 0 spiro atoms. The van der Waals surface area contributed by atoms with Gasteiger partial charge in [0.05, 0.1) is 0 Å². The Labute approximate surface area is 346 Å². The molecule has 3 saturated heterocycles. The second kappa shape index (κ2) is 24.5. The molecule has 0 aromatic heterocycles. The molecule has 3 unspecified atom stereocenters. The molecular formula is C46H58ClN6PRh+. The summed E-state index contributed by atoms with van der Waals surface area (Å²) in [6, 6.07) is 42.7. The van der Waals surface area contributed by atoms with Gasteiger partial charge in [0.25, 0.3) is 0 Å². The summed E-state index contributed by atoms with van der Waals surface area (Å²) in [6.07, 6.45) is 22.7. The van der Waals surface area contributed by atoms with Gasteiger partial charge in [-0.2, -0.15) is 4.67 Å². The van der Waals surface area contributed by atoms with E-state index in [2.05, 4.69) is 169 Å². The Morgan fingerprint density at radius 2 is 1.15 bits per heavy atom. The van der Waals surface area contributed by atoms with Gasteiger partial charge in [-0.25, -0.2) is 0 Å². The van der Waals surface area contributed by atoms with E-state index in [1.165, 1.54) is 48.4 Å². The molecule has 292 valence electrons. The van der Waals surface area contributed by atoms with Crippen LogP contribution in [-0.2, 0) is 17.3 Å². The number of benzene rings is 4. The van der Waals surface area contributed by atoms with Crippen molar-refractivity contribution in [3.63, 3.8) is 0 Å². The molecule has 2 aliphatic carbocycles. The van der Waals surface area contributed by atoms with Gasteiger partial charge in [0, 0.05) is 50.1 Å². The number of nitrogens with two attached hydrogens (primary N) is 1. The summed E-state index contributed by atoms with van der Waals surface area (Å²) in [5, 5.41) is 6.44. The Bertz CT molecular complexity index is 1650. The van der Waals surface area contributed by atoms with Crippen LogP contribution in [0.1, 0.15) is 32.1 Å². The Balaban J connectivity index is 0.000000170. The zero-order valence-electron chi connectivity index (χ0n) is 31.9. The van der Waals surface area contributed by atoms with Crippen molar-refractivity contribution in [1.29, 1.82) is 0 Å². The molecule has 4 aromatic rings. The third-order valence-electron chi connectivity index (χ3n) is 10.2. The summed E-state index contributed by atoms with van der Waals surface area (Å²) in [5.41, 5.74) is 7.40. The number of nitrogens with one attached hydrogen (secondary N) is 1. The van der Waals surface area contributed by atoms with Crippen LogP contribution in [0.25, 0.3) is 0 Å². The average molecular weight is 864 g/mol. The molecule has 3 N–H and O–H groups in total. The number of hydrogen-bond acceptors (Lipinski definition) is 6. The Kier molecular flexibility index (Phi) is 19.2. The van der Waals surface area contributed by atoms with E-state index < -0.39 is 8.07 Å². The SMILES string of the molecule is C1=CC(Nc2ccccc2)CCC1.C1=CCCC=C1.Nc1ccccc1.[CH2-]N1CCN2CCN3CCN([PH+](c4ccccc4)c4ccccc4)C3[CH-]C12.[Cl][Rh+2]. The first-order chi connectivity index (χ1) is 27.2. The fraction of sp³-hybridized carbons (Fsp3) is 0.304. The maximum atomic E-state index is 5.36. The summed E-state index contributed by atoms with van der Waals surface area (Å²) in [7, 11) is 7.82. The van der Waals surface area contributed by atoms with Crippen LogP contribution < -0.4 is 21.7 Å². The van der Waals surface area contributed by atoms with Crippen LogP contribution in [0.15, 0.2) is 158 Å². The molecule has 0 bridgehead atoms. The number of hydrogen-bond donors (Lipinski definition) is 2. The van der Waals surface area contributed by atoms with Crippen LogP contribution in [0.3, 0.4) is 0 Å². The van der Waals surface area contributed by atoms with Gasteiger partial charge < -0.3 is 25.8 Å². The number of anilines is 2. The summed E-state index contributed by atoms with van der Waals surface area (Å²) >= 11 is 2.02. The van der Waals surface area contributed by atoms with Gasteiger partial charge in [0.1, 0.15) is 18.7 Å². The summed E-state index contributed by atoms with van der Waals surface area (Å²) in [4.78, 5) is 7.51. The van der Waals surface area contributed by atoms with Crippen molar-refractivity contribution in [2.45, 2.75) is 50.5 Å². The number of fused-ring (bicyclic) bond motifs is 2. The van der Waals surface area contributed by atoms with E-state index in [-0.39, 0.29) is 0 Å². The molecule has 4 aromatic carbocycles. The molecule has 6 nitrogen and oxygen atoms in total. The second-order valence-corrected chi connectivity index (χ2v) is 16.4. The molecule has 3 atom stereocenters. The van der Waals surface area contributed by atoms with Crippen molar-refractivity contribution in [2.24, 2.45) is 0 Å². The average Bonchev–Trinajstić information content (AvgIpc) is 3.76. The van der Waals surface area contributed by atoms with Gasteiger partial charge in [0.2, 0.25) is 0 Å². The molecule has 0 saturated carbocycles. The van der Waals surface area contributed by atoms with Gasteiger partial charge >= 0.3 is 27.0 Å². The standard InChI is InChI=1S/C22H27N4P.C12H15N.C6H7N.C6H8.ClH.Rh/c1-23-12-13-24-14-15-25-16-17-26(22(25)18-21(23)24)27(19-8-4-2-5-9-19)20-10-6-3-7-11-20;1-3-7-11(8-4-1)13-12-9-5-2-6-10-12;7-6-4-2-1-3-5-6;1-2-4-6-5-3-1;;/h2-11,18,21-22H,1,12-17H2;1,3-5,7-9,12-13H,2,6,10H2;1-5H,7H2;1-4H,5-6H2;1H;/q-2;;;;;+3. The van der Waals surface area contributed by atoms with Crippen LogP contribution in [0, 0.1) is 13.5 Å². The van der Waals surface area contributed by atoms with E-state index in [9.17, 15) is 0 Å². The predicted molar refractivity (Wildman–Crippen MR) is 235 cm³/mol. The topological polar surface area (TPSA) is 51.0 Å². The monoisotopic (exact) mass is 863 g/mol. The Morgan fingerprint density at radius 3 is 1.64 bits per heavy atom. The number of para-hydroxylation sites is 2. The number of nitrogen functional groups attached to an aromatic ring is 1. The molecule has 0 amide bonds. The van der Waals surface area contributed by atoms with Crippen molar-refractivity contribution in [1.82, 2.24) is 19.4 Å². The Hall–Kier alpha value is -3.12. The van der Waals surface area contributed by atoms with E-state index in [0.29, 0.717) is 18.4 Å². The molecule has 9 heteroatoms. The third-order valence-corrected chi connectivity index (χ3v) is 13.0. The van der Waals surface area contributed by atoms with E-state index >= 15 is 0 Å². The maximum absolute atomic E-state index is 5.36. The molecule has 9 rings (SSSR count). The van der Waals surface area contributed by atoms with E-state index in [1.54, 1.807) is 0 Å². The second-order valence-electron chi connectivity index (χ2n) is 14.0. The fourth-order valence-corrected chi connectivity index (χ4v) is 10.3. The molecular weight excluding hydrogens is 806 g/mol. The van der Waals surface area contributed by atoms with Crippen molar-refractivity contribution in [2.75, 3.05) is 50.3 Å². The van der Waals surface area contributed by atoms with Gasteiger partial charge in [-0.3, -0.25) is 13.5 Å². The van der Waals surface area contributed by atoms with Crippen LogP contribution in [0.2, 0.25) is 0 Å². The summed E-state index contributed by atoms with van der Waals surface area (Å²) < 4.78 is 2.78. The van der Waals surface area contributed by atoms with Crippen LogP contribution in [0.5, 0.6) is 0 Å². The quantitative estimate of drug-likeness (QED) is 0.0689. The van der Waals surface area contributed by atoms with Gasteiger partial charge in [-0.15, -0.1) is 0 Å². The molecule has 0 radical (unpaired) electrons. The number of rotatable bonds is 5. The van der Waals surface area contributed by atoms with E-state index in [1.807, 2.05) is 53.7 Å². The normalized spacial score (nSPS) is 21.9. The Morgan fingerprint density at radius 1 is 0.636 bits per heavy atom. The van der Waals surface area contributed by atoms with Gasteiger partial charge in [-0.05, 0) is 93.3 Å². The molecule has 3 heterocycles. The summed E-state index contributed by atoms with van der Waals surface area (Å²) in [5.74, 6) is 0. The zero-order valence-corrected chi connectivity index (χ0v) is 35.3. The number of nitrogens with zero attached hydrogens (tertiary/aromatic N) is 4. The first kappa shape index (κ1) is 43.0. The zero-order chi connectivity index (χ0) is 38.5. The fourth-order valence-electron chi connectivity index (χ4n) is 7.43. The van der Waals surface area contributed by atoms with Crippen molar-refractivity contribution in [3.8, 4) is 0 Å². The van der Waals surface area contributed by atoms with Crippen LogP contribution >= 0.6 is 17.8 Å². The molecule has 3 aliphatic heterocycles. The minimum absolute atomic E-state index is 0.371. The predicted octanol–water partition coefficient (Wildman–Crippen LogP) is 8.72. The summed E-state index contributed by atoms with van der Waals surface area (Å²) in [6.45, 7) is 6.82. The third kappa shape index (κ3) is 13.8. The van der Waals surface area contributed by atoms with E-state index in [4.69, 9.17) is 5.73 Å². The minimum atomic E-state index is -1.00. The first-order valence-corrected chi connectivity index (χ1v) is 23.1. The first-order valence-electron chi connectivity index (χ1n) is 19.5. The number of allylic oxidation sites excluding steroid dienone is 5. The molecule has 3 fully saturated rings. The van der Waals surface area contributed by atoms with E-state index in [0.717, 1.165) is 45.0 Å². The van der Waals surface area contributed by atoms with Crippen molar-refractivity contribution in [3.05, 3.63) is 171 Å². The molecule has 5 aliphatic rings.